The van der Waals surface area contributed by atoms with Gasteiger partial charge in [0.1, 0.15) is 0 Å². The molecule has 2 aliphatic rings. The quantitative estimate of drug-likeness (QED) is 0.375. The summed E-state index contributed by atoms with van der Waals surface area (Å²) in [5.41, 5.74) is 4.09. The number of methoxy groups -OCH3 is 1. The third-order valence-electron chi connectivity index (χ3n) is 5.67. The molecule has 6 nitrogen and oxygen atoms in total. The highest BCUT2D eigenvalue weighted by Crippen LogP contribution is 2.52. The molecule has 0 radical (unpaired) electrons. The summed E-state index contributed by atoms with van der Waals surface area (Å²) >= 11 is 0. The van der Waals surface area contributed by atoms with E-state index in [-0.39, 0.29) is 34.5 Å². The lowest BCUT2D eigenvalue weighted by molar-refractivity contribution is -0.385. The molecule has 2 aromatic rings. The molecule has 0 saturated carbocycles. The molecular weight excluding hydrogens is 344 g/mol. The van der Waals surface area contributed by atoms with Gasteiger partial charge in [-0.25, -0.2) is 4.79 Å². The summed E-state index contributed by atoms with van der Waals surface area (Å²) in [4.78, 5) is 23.3. The standard InChI is InChI=1S/C21H20N2O4/c1-12-13(21(24)27-2)10-11-16-14-7-5-8-15(14)20(22-19(12)16)17-6-3-4-9-18(17)23(25)26/h3-7,9-11,14-15,20,22H,8H2,1-2H3/t14-,15+,20-/m0/s1. The Morgan fingerprint density at radius 3 is 2.74 bits per heavy atom. The van der Waals surface area contributed by atoms with Crippen LogP contribution in [0.2, 0.25) is 0 Å². The average molecular weight is 364 g/mol. The Bertz CT molecular complexity index is 967. The summed E-state index contributed by atoms with van der Waals surface area (Å²) in [6, 6.07) is 10.4. The predicted molar refractivity (Wildman–Crippen MR) is 102 cm³/mol. The Morgan fingerprint density at radius 1 is 1.22 bits per heavy atom. The molecule has 3 atom stereocenters. The zero-order valence-electron chi connectivity index (χ0n) is 15.1. The second-order valence-electron chi connectivity index (χ2n) is 6.99. The van der Waals surface area contributed by atoms with Gasteiger partial charge in [-0.3, -0.25) is 10.1 Å². The van der Waals surface area contributed by atoms with Gasteiger partial charge in [-0.05, 0) is 36.5 Å². The molecule has 27 heavy (non-hydrogen) atoms. The summed E-state index contributed by atoms with van der Waals surface area (Å²) in [6.45, 7) is 1.88. The number of esters is 1. The van der Waals surface area contributed by atoms with Crippen molar-refractivity contribution in [1.29, 1.82) is 0 Å². The van der Waals surface area contributed by atoms with E-state index in [9.17, 15) is 14.9 Å². The number of anilines is 1. The maximum absolute atomic E-state index is 12.1. The number of fused-ring (bicyclic) bond motifs is 3. The van der Waals surface area contributed by atoms with Crippen LogP contribution in [-0.4, -0.2) is 18.0 Å². The van der Waals surface area contributed by atoms with Crippen molar-refractivity contribution >= 4 is 17.3 Å². The van der Waals surface area contributed by atoms with Crippen molar-refractivity contribution in [1.82, 2.24) is 0 Å². The lowest BCUT2D eigenvalue weighted by Gasteiger charge is -2.38. The number of carbonyl (C=O) groups excluding carboxylic acids is 1. The van der Waals surface area contributed by atoms with Crippen molar-refractivity contribution in [2.45, 2.75) is 25.3 Å². The molecule has 0 bridgehead atoms. The molecule has 1 heterocycles. The molecule has 6 heteroatoms. The Kier molecular flexibility index (Phi) is 4.18. The Labute approximate surface area is 157 Å². The second kappa shape index (κ2) is 6.54. The van der Waals surface area contributed by atoms with Crippen molar-refractivity contribution in [3.63, 3.8) is 0 Å². The van der Waals surface area contributed by atoms with Crippen LogP contribution in [0.25, 0.3) is 0 Å². The highest BCUT2D eigenvalue weighted by Gasteiger charge is 2.41. The van der Waals surface area contributed by atoms with Crippen LogP contribution in [0.15, 0.2) is 48.6 Å². The molecular formula is C21H20N2O4. The van der Waals surface area contributed by atoms with Crippen molar-refractivity contribution < 1.29 is 14.5 Å². The fraction of sp³-hybridized carbons (Fsp3) is 0.286. The lowest BCUT2D eigenvalue weighted by atomic mass is 9.75. The molecule has 4 rings (SSSR count). The second-order valence-corrected chi connectivity index (χ2v) is 6.99. The van der Waals surface area contributed by atoms with Gasteiger partial charge in [0.05, 0.1) is 29.2 Å². The van der Waals surface area contributed by atoms with Crippen molar-refractivity contribution in [2.24, 2.45) is 5.92 Å². The molecule has 0 fully saturated rings. The number of nitro groups is 1. The van der Waals surface area contributed by atoms with E-state index in [1.165, 1.54) is 7.11 Å². The molecule has 0 aromatic heterocycles. The number of ether oxygens (including phenoxy) is 1. The minimum absolute atomic E-state index is 0.117. The van der Waals surface area contributed by atoms with Crippen LogP contribution in [0.5, 0.6) is 0 Å². The molecule has 138 valence electrons. The van der Waals surface area contributed by atoms with Crippen LogP contribution in [0.3, 0.4) is 0 Å². The zero-order chi connectivity index (χ0) is 19.1. The van der Waals surface area contributed by atoms with Gasteiger partial charge in [-0.1, -0.05) is 36.4 Å². The zero-order valence-corrected chi connectivity index (χ0v) is 15.1. The normalized spacial score (nSPS) is 22.5. The smallest absolute Gasteiger partial charge is 0.338 e. The summed E-state index contributed by atoms with van der Waals surface area (Å²) < 4.78 is 4.89. The molecule has 1 aliphatic carbocycles. The van der Waals surface area contributed by atoms with E-state index in [1.54, 1.807) is 18.2 Å². The van der Waals surface area contributed by atoms with Gasteiger partial charge in [0.25, 0.3) is 5.69 Å². The van der Waals surface area contributed by atoms with E-state index in [0.717, 1.165) is 23.2 Å². The van der Waals surface area contributed by atoms with Crippen LogP contribution in [0.4, 0.5) is 11.4 Å². The molecule has 1 N–H and O–H groups in total. The van der Waals surface area contributed by atoms with Crippen LogP contribution in [0.1, 0.15) is 45.4 Å². The largest absolute Gasteiger partial charge is 0.465 e. The highest BCUT2D eigenvalue weighted by molar-refractivity contribution is 5.93. The molecule has 0 spiro atoms. The van der Waals surface area contributed by atoms with Gasteiger partial charge >= 0.3 is 5.97 Å². The summed E-state index contributed by atoms with van der Waals surface area (Å²) in [7, 11) is 1.36. The first kappa shape index (κ1) is 17.3. The Balaban J connectivity index is 1.86. The first-order valence-electron chi connectivity index (χ1n) is 8.91. The van der Waals surface area contributed by atoms with Crippen molar-refractivity contribution in [3.05, 3.63) is 80.9 Å². The monoisotopic (exact) mass is 364 g/mol. The molecule has 2 aromatic carbocycles. The number of allylic oxidation sites excluding steroid dienone is 2. The van der Waals surface area contributed by atoms with Gasteiger partial charge in [-0.15, -0.1) is 0 Å². The number of benzene rings is 2. The first-order chi connectivity index (χ1) is 13.0. The van der Waals surface area contributed by atoms with Gasteiger partial charge in [0.2, 0.25) is 0 Å². The average Bonchev–Trinajstić information content (AvgIpc) is 3.17. The number of nitrogens with zero attached hydrogens (tertiary/aromatic N) is 1. The SMILES string of the molecule is COC(=O)c1ccc2c(c1C)N[C@H](c1ccccc1[N+](=O)[O-])[C@@H]1CC=C[C@H]21. The van der Waals surface area contributed by atoms with Crippen LogP contribution in [-0.2, 0) is 4.74 Å². The van der Waals surface area contributed by atoms with E-state index in [0.29, 0.717) is 11.1 Å². The summed E-state index contributed by atoms with van der Waals surface area (Å²) in [5.74, 6) is -0.0261. The van der Waals surface area contributed by atoms with Crippen LogP contribution < -0.4 is 5.32 Å². The number of nitrogens with one attached hydrogen (secondary N) is 1. The fourth-order valence-corrected chi connectivity index (χ4v) is 4.37. The number of para-hydroxylation sites is 1. The van der Waals surface area contributed by atoms with E-state index < -0.39 is 0 Å². The van der Waals surface area contributed by atoms with E-state index in [1.807, 2.05) is 25.1 Å². The minimum Gasteiger partial charge on any atom is -0.465 e. The summed E-state index contributed by atoms with van der Waals surface area (Å²) in [5, 5.41) is 15.1. The number of hydrogen-bond acceptors (Lipinski definition) is 5. The number of carbonyl (C=O) groups is 1. The van der Waals surface area contributed by atoms with E-state index in [2.05, 4.69) is 17.5 Å². The molecule has 0 saturated heterocycles. The van der Waals surface area contributed by atoms with Crippen molar-refractivity contribution in [3.8, 4) is 0 Å². The predicted octanol–water partition coefficient (Wildman–Crippen LogP) is 4.52. The maximum atomic E-state index is 12.1. The Morgan fingerprint density at radius 2 is 2.00 bits per heavy atom. The fourth-order valence-electron chi connectivity index (χ4n) is 4.37. The third kappa shape index (κ3) is 2.68. The topological polar surface area (TPSA) is 81.5 Å². The number of rotatable bonds is 3. The summed E-state index contributed by atoms with van der Waals surface area (Å²) in [6.07, 6.45) is 5.16. The van der Waals surface area contributed by atoms with Gasteiger partial charge in [0.15, 0.2) is 0 Å². The minimum atomic E-state index is -0.386. The first-order valence-corrected chi connectivity index (χ1v) is 8.91. The van der Waals surface area contributed by atoms with E-state index in [4.69, 9.17) is 4.74 Å². The molecule has 0 amide bonds. The van der Waals surface area contributed by atoms with Crippen LogP contribution in [0, 0.1) is 23.0 Å². The Hall–Kier alpha value is -3.15. The molecule has 0 unspecified atom stereocenters. The number of hydrogen-bond donors (Lipinski definition) is 1. The lowest BCUT2D eigenvalue weighted by Crippen LogP contribution is -2.30. The van der Waals surface area contributed by atoms with E-state index >= 15 is 0 Å². The molecule has 1 aliphatic heterocycles. The van der Waals surface area contributed by atoms with Gasteiger partial charge < -0.3 is 10.1 Å². The van der Waals surface area contributed by atoms with Crippen LogP contribution >= 0.6 is 0 Å². The number of nitro benzene ring substituents is 1. The maximum Gasteiger partial charge on any atom is 0.338 e. The van der Waals surface area contributed by atoms with Crippen molar-refractivity contribution in [2.75, 3.05) is 12.4 Å². The van der Waals surface area contributed by atoms with Gasteiger partial charge in [0, 0.05) is 17.7 Å². The highest BCUT2D eigenvalue weighted by atomic mass is 16.6. The van der Waals surface area contributed by atoms with Gasteiger partial charge in [-0.2, -0.15) is 0 Å². The third-order valence-corrected chi connectivity index (χ3v) is 5.67.